The van der Waals surface area contributed by atoms with Gasteiger partial charge in [-0.3, -0.25) is 4.98 Å². The molecular weight excluding hydrogens is 413 g/mol. The summed E-state index contributed by atoms with van der Waals surface area (Å²) in [6.07, 6.45) is 4.48. The van der Waals surface area contributed by atoms with Crippen LogP contribution in [0.25, 0.3) is 0 Å². The molecule has 2 aromatic carbocycles. The Morgan fingerprint density at radius 3 is 2.68 bits per heavy atom. The van der Waals surface area contributed by atoms with Gasteiger partial charge in [0.15, 0.2) is 0 Å². The summed E-state index contributed by atoms with van der Waals surface area (Å²) >= 11 is 1.44. The Bertz CT molecular complexity index is 1080. The fraction of sp³-hybridized carbons (Fsp3) is 0.174. The lowest BCUT2D eigenvalue weighted by molar-refractivity contribution is 0.175. The van der Waals surface area contributed by atoms with Gasteiger partial charge >= 0.3 is 6.03 Å². The molecule has 1 aliphatic heterocycles. The summed E-state index contributed by atoms with van der Waals surface area (Å²) in [5.74, 6) is -0.355. The number of halogens is 1. The highest BCUT2D eigenvalue weighted by Gasteiger charge is 2.48. The lowest BCUT2D eigenvalue weighted by Crippen LogP contribution is -2.44. The number of urea groups is 1. The van der Waals surface area contributed by atoms with Crippen LogP contribution in [0.15, 0.2) is 84.2 Å². The molecule has 0 saturated heterocycles. The van der Waals surface area contributed by atoms with Crippen LogP contribution in [0.2, 0.25) is 0 Å². The van der Waals surface area contributed by atoms with Gasteiger partial charge in [-0.15, -0.1) is 0 Å². The minimum atomic E-state index is -0.811. The highest BCUT2D eigenvalue weighted by Crippen LogP contribution is 2.50. The van der Waals surface area contributed by atoms with Crippen LogP contribution >= 0.6 is 11.8 Å². The van der Waals surface area contributed by atoms with Gasteiger partial charge < -0.3 is 11.1 Å². The largest absolute Gasteiger partial charge is 0.344 e. The van der Waals surface area contributed by atoms with E-state index >= 15 is 0 Å². The van der Waals surface area contributed by atoms with Crippen LogP contribution < -0.4 is 11.1 Å². The van der Waals surface area contributed by atoms with Crippen molar-refractivity contribution in [3.8, 4) is 0 Å². The number of nitrogens with one attached hydrogen (secondary N) is 1. The van der Waals surface area contributed by atoms with Gasteiger partial charge in [-0.25, -0.2) is 9.18 Å². The normalized spacial score (nSPS) is 18.0. The van der Waals surface area contributed by atoms with E-state index in [0.29, 0.717) is 35.7 Å². The zero-order valence-corrected chi connectivity index (χ0v) is 17.6. The Balaban J connectivity index is 1.78. The maximum absolute atomic E-state index is 13.9. The van der Waals surface area contributed by atoms with Crippen LogP contribution in [0.3, 0.4) is 0 Å². The second-order valence-corrected chi connectivity index (χ2v) is 8.31. The van der Waals surface area contributed by atoms with Crippen molar-refractivity contribution in [2.24, 2.45) is 10.8 Å². The molecule has 1 aliphatic rings. The molecule has 158 valence electrons. The number of hydrogen-bond donors (Lipinski definition) is 2. The number of rotatable bonds is 6. The lowest BCUT2D eigenvalue weighted by atomic mass is 10.0. The van der Waals surface area contributed by atoms with Gasteiger partial charge in [-0.2, -0.15) is 10.1 Å². The van der Waals surface area contributed by atoms with Gasteiger partial charge in [0.25, 0.3) is 0 Å². The second-order valence-electron chi connectivity index (χ2n) is 7.04. The van der Waals surface area contributed by atoms with Crippen molar-refractivity contribution in [2.45, 2.75) is 17.7 Å². The Morgan fingerprint density at radius 1 is 1.13 bits per heavy atom. The van der Waals surface area contributed by atoms with Gasteiger partial charge in [0.1, 0.15) is 15.7 Å². The molecule has 1 unspecified atom stereocenters. The minimum absolute atomic E-state index is 0.355. The molecule has 2 amide bonds. The van der Waals surface area contributed by atoms with E-state index in [2.05, 4.69) is 15.4 Å². The number of thioether (sulfide) groups is 1. The third kappa shape index (κ3) is 4.45. The summed E-state index contributed by atoms with van der Waals surface area (Å²) in [7, 11) is 0. The number of aromatic nitrogens is 1. The van der Waals surface area contributed by atoms with Gasteiger partial charge in [0, 0.05) is 11.8 Å². The minimum Gasteiger partial charge on any atom is -0.330 e. The summed E-state index contributed by atoms with van der Waals surface area (Å²) in [5.41, 5.74) is 7.93. The van der Waals surface area contributed by atoms with Crippen molar-refractivity contribution >= 4 is 28.5 Å². The topological polar surface area (TPSA) is 83.6 Å². The van der Waals surface area contributed by atoms with E-state index in [9.17, 15) is 9.18 Å². The Labute approximate surface area is 184 Å². The van der Waals surface area contributed by atoms with E-state index in [1.54, 1.807) is 36.7 Å². The molecule has 1 aromatic heterocycles. The molecule has 0 spiro atoms. The number of pyridine rings is 1. The fourth-order valence-corrected chi connectivity index (χ4v) is 4.88. The lowest BCUT2D eigenvalue weighted by Gasteiger charge is -2.35. The first-order chi connectivity index (χ1) is 15.1. The predicted octanol–water partition coefficient (Wildman–Crippen LogP) is 4.76. The molecule has 0 aliphatic carbocycles. The highest BCUT2D eigenvalue weighted by atomic mass is 32.2. The summed E-state index contributed by atoms with van der Waals surface area (Å²) in [5, 5.41) is 9.54. The predicted molar refractivity (Wildman–Crippen MR) is 122 cm³/mol. The number of carbonyl (C=O) groups is 1. The van der Waals surface area contributed by atoms with E-state index in [0.717, 1.165) is 5.56 Å². The quantitative estimate of drug-likeness (QED) is 0.585. The smallest absolute Gasteiger partial charge is 0.330 e. The number of hydrogen-bond acceptors (Lipinski definition) is 5. The van der Waals surface area contributed by atoms with Crippen molar-refractivity contribution < 1.29 is 9.18 Å². The van der Waals surface area contributed by atoms with E-state index in [1.165, 1.54) is 28.9 Å². The van der Waals surface area contributed by atoms with Crippen molar-refractivity contribution in [1.29, 1.82) is 0 Å². The molecular formula is C23H22FN5OS. The van der Waals surface area contributed by atoms with E-state index in [-0.39, 0.29) is 5.82 Å². The van der Waals surface area contributed by atoms with Gasteiger partial charge in [-0.1, -0.05) is 54.2 Å². The average Bonchev–Trinajstić information content (AvgIpc) is 3.20. The van der Waals surface area contributed by atoms with Crippen molar-refractivity contribution in [3.05, 3.63) is 96.1 Å². The summed E-state index contributed by atoms with van der Waals surface area (Å²) < 4.78 is 13.9. The summed E-state index contributed by atoms with van der Waals surface area (Å²) in [4.78, 5) is 16.6. The molecule has 0 fully saturated rings. The van der Waals surface area contributed by atoms with E-state index in [4.69, 9.17) is 5.73 Å². The van der Waals surface area contributed by atoms with Gasteiger partial charge in [0.2, 0.25) is 0 Å². The molecule has 3 aromatic rings. The molecule has 4 rings (SSSR count). The monoisotopic (exact) mass is 435 g/mol. The molecule has 6 nitrogen and oxygen atoms in total. The first-order valence-corrected chi connectivity index (χ1v) is 10.7. The number of amides is 2. The third-order valence-corrected chi connectivity index (χ3v) is 6.38. The summed E-state index contributed by atoms with van der Waals surface area (Å²) in [6, 6.07) is 19.1. The number of benzene rings is 2. The summed E-state index contributed by atoms with van der Waals surface area (Å²) in [6.45, 7) is 0.475. The molecule has 8 heteroatoms. The van der Waals surface area contributed by atoms with Crippen LogP contribution in [0.1, 0.15) is 24.0 Å². The van der Waals surface area contributed by atoms with Crippen LogP contribution in [0.5, 0.6) is 0 Å². The molecule has 0 radical (unpaired) electrons. The highest BCUT2D eigenvalue weighted by molar-refractivity contribution is 8.15. The Kier molecular flexibility index (Phi) is 6.29. The Morgan fingerprint density at radius 2 is 1.97 bits per heavy atom. The average molecular weight is 436 g/mol. The number of nitrogens with two attached hydrogens (primary N) is 1. The molecule has 1 atom stereocenters. The number of anilines is 1. The van der Waals surface area contributed by atoms with Gasteiger partial charge in [0.05, 0.1) is 11.9 Å². The van der Waals surface area contributed by atoms with Crippen molar-refractivity contribution in [2.75, 3.05) is 11.9 Å². The third-order valence-electron chi connectivity index (χ3n) is 4.92. The van der Waals surface area contributed by atoms with Crippen molar-refractivity contribution in [3.63, 3.8) is 0 Å². The number of hydrazone groups is 1. The fourth-order valence-electron chi connectivity index (χ4n) is 3.48. The zero-order valence-electron chi connectivity index (χ0n) is 16.7. The maximum Gasteiger partial charge on any atom is 0.344 e. The maximum atomic E-state index is 13.9. The van der Waals surface area contributed by atoms with Crippen LogP contribution in [0.4, 0.5) is 14.9 Å². The first kappa shape index (κ1) is 21.0. The molecule has 0 bridgehead atoms. The number of nitrogens with zero attached hydrogens (tertiary/aromatic N) is 3. The van der Waals surface area contributed by atoms with E-state index < -0.39 is 10.9 Å². The molecule has 0 saturated carbocycles. The first-order valence-electron chi connectivity index (χ1n) is 9.93. The number of carbonyl (C=O) groups excluding carboxylic acids is 1. The second kappa shape index (κ2) is 9.28. The molecule has 2 heterocycles. The van der Waals surface area contributed by atoms with Crippen LogP contribution in [-0.4, -0.2) is 27.6 Å². The zero-order chi connectivity index (χ0) is 21.7. The molecule has 31 heavy (non-hydrogen) atoms. The van der Waals surface area contributed by atoms with E-state index in [1.807, 2.05) is 30.3 Å². The standard InChI is InChI=1S/C23H22FN5OS/c24-19-10-4-7-17(15-19)21-28-29(22(30)27-20-11-5-14-26-16-20)23(31-21,12-6-13-25)18-8-2-1-3-9-18/h1-5,7-11,14-16H,6,12-13,25H2,(H,27,30). The Hall–Kier alpha value is -3.23. The SMILES string of the molecule is NCCCC1(c2ccccc2)SC(c2cccc(F)c2)=NN1C(=O)Nc1cccnc1. The van der Waals surface area contributed by atoms with Crippen molar-refractivity contribution in [1.82, 2.24) is 9.99 Å². The molecule has 3 N–H and O–H groups in total. The van der Waals surface area contributed by atoms with Crippen LogP contribution in [-0.2, 0) is 4.87 Å². The van der Waals surface area contributed by atoms with Gasteiger partial charge in [-0.05, 0) is 49.2 Å². The van der Waals surface area contributed by atoms with Crippen LogP contribution in [0, 0.1) is 5.82 Å².